The first-order valence-electron chi connectivity index (χ1n) is 5.46. The number of hydrogen-bond donors (Lipinski definition) is 1. The van der Waals surface area contributed by atoms with Crippen LogP contribution in [-0.2, 0) is 0 Å². The molecule has 0 fully saturated rings. The van der Waals surface area contributed by atoms with Crippen LogP contribution in [0.2, 0.25) is 0 Å². The second kappa shape index (κ2) is 4.03. The van der Waals surface area contributed by atoms with Gasteiger partial charge >= 0.3 is 0 Å². The average Bonchev–Trinajstić information content (AvgIpc) is 2.82. The molecule has 0 atom stereocenters. The molecule has 3 rings (SSSR count). The van der Waals surface area contributed by atoms with Crippen molar-refractivity contribution in [2.75, 3.05) is 7.11 Å². The molecule has 0 aliphatic heterocycles. The van der Waals surface area contributed by atoms with Gasteiger partial charge in [0.25, 0.3) is 0 Å². The lowest BCUT2D eigenvalue weighted by Crippen LogP contribution is -1.91. The third kappa shape index (κ3) is 1.66. The van der Waals surface area contributed by atoms with Crippen LogP contribution >= 0.6 is 0 Å². The fourth-order valence-electron chi connectivity index (χ4n) is 1.80. The molecule has 1 aromatic carbocycles. The summed E-state index contributed by atoms with van der Waals surface area (Å²) in [6, 6.07) is 10.5. The molecule has 1 N–H and O–H groups in total. The van der Waals surface area contributed by atoms with E-state index in [0.29, 0.717) is 5.82 Å². The summed E-state index contributed by atoms with van der Waals surface area (Å²) in [6.07, 6.45) is 1.83. The summed E-state index contributed by atoms with van der Waals surface area (Å²) < 4.78 is 7.04. The van der Waals surface area contributed by atoms with E-state index in [1.165, 1.54) is 0 Å². The zero-order chi connectivity index (χ0) is 12.5. The molecule has 18 heavy (non-hydrogen) atoms. The molecule has 0 bridgehead atoms. The van der Waals surface area contributed by atoms with E-state index in [2.05, 4.69) is 10.2 Å². The van der Waals surface area contributed by atoms with Gasteiger partial charge in [-0.2, -0.15) is 0 Å². The lowest BCUT2D eigenvalue weighted by Gasteiger charge is -2.03. The second-order valence-corrected chi connectivity index (χ2v) is 3.87. The third-order valence-corrected chi connectivity index (χ3v) is 2.74. The number of aromatic nitrogens is 3. The first-order chi connectivity index (χ1) is 8.78. The topological polar surface area (TPSA) is 59.7 Å². The summed E-state index contributed by atoms with van der Waals surface area (Å²) in [7, 11) is 1.62. The maximum Gasteiger partial charge on any atom is 0.168 e. The maximum absolute atomic E-state index is 9.29. The molecule has 0 saturated heterocycles. The van der Waals surface area contributed by atoms with Crippen molar-refractivity contribution >= 4 is 5.65 Å². The smallest absolute Gasteiger partial charge is 0.168 e. The summed E-state index contributed by atoms with van der Waals surface area (Å²) in [5.41, 5.74) is 1.63. The van der Waals surface area contributed by atoms with Crippen LogP contribution in [-0.4, -0.2) is 26.8 Å². The van der Waals surface area contributed by atoms with Crippen molar-refractivity contribution in [2.45, 2.75) is 0 Å². The number of phenols is 1. The van der Waals surface area contributed by atoms with Gasteiger partial charge in [0, 0.05) is 5.56 Å². The van der Waals surface area contributed by atoms with Crippen LogP contribution in [0.4, 0.5) is 0 Å². The Morgan fingerprint density at radius 3 is 2.56 bits per heavy atom. The predicted molar refractivity (Wildman–Crippen MR) is 66.6 cm³/mol. The molecule has 5 heteroatoms. The Kier molecular flexibility index (Phi) is 2.37. The number of methoxy groups -OCH3 is 1. The van der Waals surface area contributed by atoms with E-state index < -0.39 is 0 Å². The molecule has 0 unspecified atom stereocenters. The Balaban J connectivity index is 2.19. The van der Waals surface area contributed by atoms with E-state index in [0.717, 1.165) is 17.0 Å². The maximum atomic E-state index is 9.29. The number of phenolic OH excluding ortho intramolecular Hbond substituents is 1. The average molecular weight is 241 g/mol. The molecule has 2 heterocycles. The fraction of sp³-hybridized carbons (Fsp3) is 0.0769. The van der Waals surface area contributed by atoms with Gasteiger partial charge in [0.15, 0.2) is 11.5 Å². The van der Waals surface area contributed by atoms with Crippen LogP contribution < -0.4 is 4.74 Å². The van der Waals surface area contributed by atoms with Crippen LogP contribution in [0, 0.1) is 0 Å². The van der Waals surface area contributed by atoms with E-state index >= 15 is 0 Å². The summed E-state index contributed by atoms with van der Waals surface area (Å²) in [6.45, 7) is 0. The molecule has 3 aromatic rings. The summed E-state index contributed by atoms with van der Waals surface area (Å²) in [5.74, 6) is 1.68. The van der Waals surface area contributed by atoms with Gasteiger partial charge in [-0.3, -0.25) is 4.40 Å². The van der Waals surface area contributed by atoms with Gasteiger partial charge in [-0.15, -0.1) is 10.2 Å². The number of hydrogen-bond acceptors (Lipinski definition) is 4. The number of pyridine rings is 1. The Bertz CT molecular complexity index is 689. The minimum Gasteiger partial charge on any atom is -0.508 e. The van der Waals surface area contributed by atoms with Crippen LogP contribution in [0.1, 0.15) is 0 Å². The molecule has 5 nitrogen and oxygen atoms in total. The lowest BCUT2D eigenvalue weighted by atomic mass is 10.2. The standard InChI is InChI=1S/C13H11N3O2/c1-18-11-6-7-12-14-15-13(16(12)8-11)9-2-4-10(17)5-3-9/h2-8,17H,1H3. The van der Waals surface area contributed by atoms with E-state index in [1.54, 1.807) is 31.4 Å². The van der Waals surface area contributed by atoms with Crippen molar-refractivity contribution in [2.24, 2.45) is 0 Å². The van der Waals surface area contributed by atoms with Gasteiger partial charge < -0.3 is 9.84 Å². The minimum atomic E-state index is 0.227. The van der Waals surface area contributed by atoms with Crippen molar-refractivity contribution in [1.82, 2.24) is 14.6 Å². The Hall–Kier alpha value is -2.56. The minimum absolute atomic E-state index is 0.227. The number of aromatic hydroxyl groups is 1. The highest BCUT2D eigenvalue weighted by Gasteiger charge is 2.08. The Morgan fingerprint density at radius 1 is 1.06 bits per heavy atom. The van der Waals surface area contributed by atoms with Gasteiger partial charge in [0.2, 0.25) is 0 Å². The number of benzene rings is 1. The van der Waals surface area contributed by atoms with Crippen molar-refractivity contribution in [3.8, 4) is 22.9 Å². The molecule has 90 valence electrons. The molecule has 0 radical (unpaired) electrons. The van der Waals surface area contributed by atoms with Crippen molar-refractivity contribution in [1.29, 1.82) is 0 Å². The predicted octanol–water partition coefficient (Wildman–Crippen LogP) is 2.11. The van der Waals surface area contributed by atoms with Crippen LogP contribution in [0.25, 0.3) is 17.0 Å². The highest BCUT2D eigenvalue weighted by atomic mass is 16.5. The lowest BCUT2D eigenvalue weighted by molar-refractivity contribution is 0.412. The molecular formula is C13H11N3O2. The van der Waals surface area contributed by atoms with Crippen molar-refractivity contribution in [3.63, 3.8) is 0 Å². The summed E-state index contributed by atoms with van der Waals surface area (Å²) in [4.78, 5) is 0. The summed E-state index contributed by atoms with van der Waals surface area (Å²) >= 11 is 0. The zero-order valence-electron chi connectivity index (χ0n) is 9.74. The Morgan fingerprint density at radius 2 is 1.83 bits per heavy atom. The molecule has 0 aliphatic carbocycles. The molecule has 2 aromatic heterocycles. The summed E-state index contributed by atoms with van der Waals surface area (Å²) in [5, 5.41) is 17.5. The molecule has 0 amide bonds. The quantitative estimate of drug-likeness (QED) is 0.746. The molecule has 0 saturated carbocycles. The van der Waals surface area contributed by atoms with Crippen LogP contribution in [0.3, 0.4) is 0 Å². The first kappa shape index (κ1) is 10.6. The van der Waals surface area contributed by atoms with Crippen LogP contribution in [0.5, 0.6) is 11.5 Å². The number of fused-ring (bicyclic) bond motifs is 1. The second-order valence-electron chi connectivity index (χ2n) is 3.87. The molecular weight excluding hydrogens is 230 g/mol. The highest BCUT2D eigenvalue weighted by molar-refractivity contribution is 5.60. The normalized spacial score (nSPS) is 10.7. The van der Waals surface area contributed by atoms with E-state index in [-0.39, 0.29) is 5.75 Å². The van der Waals surface area contributed by atoms with E-state index in [9.17, 15) is 5.11 Å². The zero-order valence-corrected chi connectivity index (χ0v) is 9.74. The Labute approximate surface area is 103 Å². The first-order valence-corrected chi connectivity index (χ1v) is 5.46. The van der Waals surface area contributed by atoms with E-state index in [1.807, 2.05) is 22.7 Å². The molecule has 0 aliphatic rings. The van der Waals surface area contributed by atoms with E-state index in [4.69, 9.17) is 4.74 Å². The molecule has 0 spiro atoms. The monoisotopic (exact) mass is 241 g/mol. The van der Waals surface area contributed by atoms with Crippen molar-refractivity contribution in [3.05, 3.63) is 42.6 Å². The number of ether oxygens (including phenoxy) is 1. The number of nitrogens with zero attached hydrogens (tertiary/aromatic N) is 3. The van der Waals surface area contributed by atoms with Crippen LogP contribution in [0.15, 0.2) is 42.6 Å². The van der Waals surface area contributed by atoms with Gasteiger partial charge in [-0.1, -0.05) is 0 Å². The van der Waals surface area contributed by atoms with Gasteiger partial charge in [0.1, 0.15) is 11.5 Å². The largest absolute Gasteiger partial charge is 0.508 e. The van der Waals surface area contributed by atoms with Gasteiger partial charge in [-0.05, 0) is 36.4 Å². The van der Waals surface area contributed by atoms with Crippen molar-refractivity contribution < 1.29 is 9.84 Å². The van der Waals surface area contributed by atoms with Gasteiger partial charge in [-0.25, -0.2) is 0 Å². The SMILES string of the molecule is COc1ccc2nnc(-c3ccc(O)cc3)n2c1. The third-order valence-electron chi connectivity index (χ3n) is 2.74. The fourth-order valence-corrected chi connectivity index (χ4v) is 1.80. The number of rotatable bonds is 2. The van der Waals surface area contributed by atoms with Gasteiger partial charge in [0.05, 0.1) is 13.3 Å². The highest BCUT2D eigenvalue weighted by Crippen LogP contribution is 2.22.